The molecule has 7 heteroatoms. The normalized spacial score (nSPS) is 17.0. The third kappa shape index (κ3) is 4.40. The molecule has 2 aromatic rings. The van der Waals surface area contributed by atoms with Crippen LogP contribution in [0.15, 0.2) is 24.3 Å². The molecule has 26 heavy (non-hydrogen) atoms. The standard InChI is InChI=1S/C19H25FN4OS/c1-13-15(3)26-19(21-13)22-18(25)14(2)23-9-4-10-24(12-11-23)17-7-5-16(20)6-8-17/h5-8,14H,4,9-12H2,1-3H3,(H,21,22,25). The maximum absolute atomic E-state index is 13.1. The van der Waals surface area contributed by atoms with Crippen LogP contribution in [0.2, 0.25) is 0 Å². The molecular formula is C19H25FN4OS. The van der Waals surface area contributed by atoms with Gasteiger partial charge in [0.25, 0.3) is 0 Å². The molecule has 0 saturated carbocycles. The van der Waals surface area contributed by atoms with Crippen molar-refractivity contribution >= 4 is 28.1 Å². The maximum atomic E-state index is 13.1. The molecule has 0 spiro atoms. The minimum atomic E-state index is -0.219. The summed E-state index contributed by atoms with van der Waals surface area (Å²) in [6.45, 7) is 9.27. The number of aromatic nitrogens is 1. The SMILES string of the molecule is Cc1nc(NC(=O)C(C)N2CCCN(c3ccc(F)cc3)CC2)sc1C. The van der Waals surface area contributed by atoms with Crippen molar-refractivity contribution in [2.75, 3.05) is 36.4 Å². The van der Waals surface area contributed by atoms with Crippen LogP contribution in [0.25, 0.3) is 0 Å². The van der Waals surface area contributed by atoms with Gasteiger partial charge in [-0.05, 0) is 51.5 Å². The van der Waals surface area contributed by atoms with Crippen molar-refractivity contribution < 1.29 is 9.18 Å². The number of carbonyl (C=O) groups is 1. The number of thiazole rings is 1. The molecule has 1 aromatic heterocycles. The van der Waals surface area contributed by atoms with E-state index < -0.39 is 0 Å². The van der Waals surface area contributed by atoms with Gasteiger partial charge >= 0.3 is 0 Å². The fourth-order valence-corrected chi connectivity index (χ4v) is 3.95. The summed E-state index contributed by atoms with van der Waals surface area (Å²) in [6, 6.07) is 6.40. The van der Waals surface area contributed by atoms with E-state index in [0.29, 0.717) is 5.13 Å². The van der Waals surface area contributed by atoms with Crippen LogP contribution in [0.4, 0.5) is 15.2 Å². The van der Waals surface area contributed by atoms with Gasteiger partial charge in [-0.25, -0.2) is 9.37 Å². The smallest absolute Gasteiger partial charge is 0.243 e. The van der Waals surface area contributed by atoms with E-state index in [1.807, 2.05) is 32.9 Å². The van der Waals surface area contributed by atoms with Crippen LogP contribution in [-0.4, -0.2) is 48.0 Å². The molecule has 3 rings (SSSR count). The summed E-state index contributed by atoms with van der Waals surface area (Å²) in [5, 5.41) is 3.61. The molecule has 1 unspecified atom stereocenters. The second-order valence-electron chi connectivity index (χ2n) is 6.68. The Hall–Kier alpha value is -1.99. The van der Waals surface area contributed by atoms with Gasteiger partial charge < -0.3 is 10.2 Å². The van der Waals surface area contributed by atoms with Crippen LogP contribution in [-0.2, 0) is 4.79 Å². The fourth-order valence-electron chi connectivity index (χ4n) is 3.14. The lowest BCUT2D eigenvalue weighted by molar-refractivity contribution is -0.120. The van der Waals surface area contributed by atoms with Crippen LogP contribution in [0.5, 0.6) is 0 Å². The Morgan fingerprint density at radius 1 is 1.19 bits per heavy atom. The lowest BCUT2D eigenvalue weighted by atomic mass is 10.2. The highest BCUT2D eigenvalue weighted by atomic mass is 32.1. The Balaban J connectivity index is 1.59. The average molecular weight is 377 g/mol. The zero-order chi connectivity index (χ0) is 18.7. The topological polar surface area (TPSA) is 48.5 Å². The van der Waals surface area contributed by atoms with Gasteiger partial charge in [0.2, 0.25) is 5.91 Å². The van der Waals surface area contributed by atoms with Gasteiger partial charge in [0, 0.05) is 36.7 Å². The van der Waals surface area contributed by atoms with Crippen molar-refractivity contribution in [3.8, 4) is 0 Å². The Morgan fingerprint density at radius 2 is 1.92 bits per heavy atom. The summed E-state index contributed by atoms with van der Waals surface area (Å²) < 4.78 is 13.1. The highest BCUT2D eigenvalue weighted by Gasteiger charge is 2.25. The minimum Gasteiger partial charge on any atom is -0.370 e. The number of hydrogen-bond acceptors (Lipinski definition) is 5. The van der Waals surface area contributed by atoms with Gasteiger partial charge in [0.05, 0.1) is 11.7 Å². The second-order valence-corrected chi connectivity index (χ2v) is 7.88. The molecule has 0 aliphatic carbocycles. The largest absolute Gasteiger partial charge is 0.370 e. The molecule has 5 nitrogen and oxygen atoms in total. The molecule has 1 N–H and O–H groups in total. The maximum Gasteiger partial charge on any atom is 0.243 e. The van der Waals surface area contributed by atoms with Crippen LogP contribution >= 0.6 is 11.3 Å². The van der Waals surface area contributed by atoms with Crippen LogP contribution in [0, 0.1) is 19.7 Å². The third-order valence-corrected chi connectivity index (χ3v) is 5.90. The first-order valence-corrected chi connectivity index (χ1v) is 9.75. The summed E-state index contributed by atoms with van der Waals surface area (Å²) in [5.41, 5.74) is 1.99. The number of aryl methyl sites for hydroxylation is 2. The Labute approximate surface area is 157 Å². The Morgan fingerprint density at radius 3 is 2.58 bits per heavy atom. The summed E-state index contributed by atoms with van der Waals surface area (Å²) in [7, 11) is 0. The average Bonchev–Trinajstić information content (AvgIpc) is 2.81. The van der Waals surface area contributed by atoms with Gasteiger partial charge in [-0.15, -0.1) is 11.3 Å². The zero-order valence-corrected chi connectivity index (χ0v) is 16.3. The molecule has 0 bridgehead atoms. The van der Waals surface area contributed by atoms with Crippen molar-refractivity contribution in [2.45, 2.75) is 33.2 Å². The molecule has 1 amide bonds. The molecule has 2 heterocycles. The fraction of sp³-hybridized carbons (Fsp3) is 0.474. The number of nitrogens with zero attached hydrogens (tertiary/aromatic N) is 3. The van der Waals surface area contributed by atoms with E-state index in [1.54, 1.807) is 0 Å². The summed E-state index contributed by atoms with van der Waals surface area (Å²) >= 11 is 1.51. The molecule has 1 fully saturated rings. The first kappa shape index (κ1) is 18.8. The predicted molar refractivity (Wildman–Crippen MR) is 104 cm³/mol. The number of hydrogen-bond donors (Lipinski definition) is 1. The number of carbonyl (C=O) groups excluding carboxylic acids is 1. The van der Waals surface area contributed by atoms with Crippen LogP contribution in [0.3, 0.4) is 0 Å². The van der Waals surface area contributed by atoms with Crippen LogP contribution in [0.1, 0.15) is 23.9 Å². The number of anilines is 2. The molecule has 0 radical (unpaired) electrons. The molecule has 1 aliphatic heterocycles. The summed E-state index contributed by atoms with van der Waals surface area (Å²) in [4.78, 5) is 22.5. The summed E-state index contributed by atoms with van der Waals surface area (Å²) in [6.07, 6.45) is 0.963. The third-order valence-electron chi connectivity index (χ3n) is 4.91. The summed E-state index contributed by atoms with van der Waals surface area (Å²) in [5.74, 6) is -0.239. The van der Waals surface area contributed by atoms with E-state index in [1.165, 1.54) is 23.5 Å². The Bertz CT molecular complexity index is 742. The number of amides is 1. The van der Waals surface area contributed by atoms with Crippen molar-refractivity contribution in [2.24, 2.45) is 0 Å². The Kier molecular flexibility index (Phi) is 5.88. The molecule has 1 aliphatic rings. The van der Waals surface area contributed by atoms with Crippen molar-refractivity contribution in [3.63, 3.8) is 0 Å². The molecule has 1 aromatic carbocycles. The number of rotatable bonds is 4. The lowest BCUT2D eigenvalue weighted by Crippen LogP contribution is -2.43. The number of benzene rings is 1. The quantitative estimate of drug-likeness (QED) is 0.888. The number of nitrogens with one attached hydrogen (secondary N) is 1. The first-order chi connectivity index (χ1) is 12.4. The molecular weight excluding hydrogens is 351 g/mol. The van der Waals surface area contributed by atoms with E-state index in [9.17, 15) is 9.18 Å². The predicted octanol–water partition coefficient (Wildman–Crippen LogP) is 3.44. The molecule has 140 valence electrons. The van der Waals surface area contributed by atoms with E-state index in [4.69, 9.17) is 0 Å². The van der Waals surface area contributed by atoms with Gasteiger partial charge in [-0.2, -0.15) is 0 Å². The second kappa shape index (κ2) is 8.14. The van der Waals surface area contributed by atoms with Gasteiger partial charge in [-0.3, -0.25) is 9.69 Å². The number of halogens is 1. The monoisotopic (exact) mass is 376 g/mol. The van der Waals surface area contributed by atoms with Crippen molar-refractivity contribution in [1.82, 2.24) is 9.88 Å². The van der Waals surface area contributed by atoms with Gasteiger partial charge in [0.1, 0.15) is 5.82 Å². The van der Waals surface area contributed by atoms with Crippen molar-refractivity contribution in [1.29, 1.82) is 0 Å². The van der Waals surface area contributed by atoms with Crippen molar-refractivity contribution in [3.05, 3.63) is 40.7 Å². The zero-order valence-electron chi connectivity index (χ0n) is 15.5. The van der Waals surface area contributed by atoms with Gasteiger partial charge in [0.15, 0.2) is 5.13 Å². The molecule has 1 atom stereocenters. The highest BCUT2D eigenvalue weighted by Crippen LogP contribution is 2.22. The minimum absolute atomic E-state index is 0.0195. The van der Waals surface area contributed by atoms with E-state index in [-0.39, 0.29) is 17.8 Å². The van der Waals surface area contributed by atoms with E-state index in [2.05, 4.69) is 20.1 Å². The molecule has 1 saturated heterocycles. The first-order valence-electron chi connectivity index (χ1n) is 8.93. The van der Waals surface area contributed by atoms with E-state index in [0.717, 1.165) is 48.9 Å². The highest BCUT2D eigenvalue weighted by molar-refractivity contribution is 7.15. The van der Waals surface area contributed by atoms with E-state index >= 15 is 0 Å². The lowest BCUT2D eigenvalue weighted by Gasteiger charge is -2.27. The van der Waals surface area contributed by atoms with Gasteiger partial charge in [-0.1, -0.05) is 0 Å². The van der Waals surface area contributed by atoms with Crippen LogP contribution < -0.4 is 10.2 Å².